The van der Waals surface area contributed by atoms with Crippen molar-refractivity contribution in [2.24, 2.45) is 0 Å². The normalized spacial score (nSPS) is 9.50. The van der Waals surface area contributed by atoms with Crippen LogP contribution in [0.25, 0.3) is 5.57 Å². The molecule has 0 unspecified atom stereocenters. The zero-order valence-electron chi connectivity index (χ0n) is 7.88. The number of hydrogen-bond acceptors (Lipinski definition) is 0. The van der Waals surface area contributed by atoms with Crippen molar-refractivity contribution in [1.29, 1.82) is 0 Å². The molecule has 1 aromatic carbocycles. The highest BCUT2D eigenvalue weighted by Gasteiger charge is 2.02. The summed E-state index contributed by atoms with van der Waals surface area (Å²) in [4.78, 5) is 0. The van der Waals surface area contributed by atoms with E-state index in [1.54, 1.807) is 0 Å². The van der Waals surface area contributed by atoms with Crippen LogP contribution >= 0.6 is 0 Å². The third-order valence-corrected chi connectivity index (χ3v) is 1.84. The average Bonchev–Trinajstić information content (AvgIpc) is 2.05. The van der Waals surface area contributed by atoms with Gasteiger partial charge in [-0.2, -0.15) is 0 Å². The molecule has 0 heterocycles. The van der Waals surface area contributed by atoms with Gasteiger partial charge in [0.2, 0.25) is 0 Å². The molecule has 0 aliphatic rings. The Labute approximate surface area is 75.4 Å². The quantitative estimate of drug-likeness (QED) is 0.591. The van der Waals surface area contributed by atoms with E-state index in [-0.39, 0.29) is 0 Å². The van der Waals surface area contributed by atoms with Gasteiger partial charge in [-0.15, -0.1) is 0 Å². The fraction of sp³-hybridized carbons (Fsp3) is 0.273. The second-order valence-corrected chi connectivity index (χ2v) is 3.57. The van der Waals surface area contributed by atoms with E-state index in [1.807, 2.05) is 6.07 Å². The van der Waals surface area contributed by atoms with Gasteiger partial charge in [0.25, 0.3) is 0 Å². The van der Waals surface area contributed by atoms with Gasteiger partial charge in [-0.05, 0) is 11.9 Å². The molecule has 62 valence electrons. The van der Waals surface area contributed by atoms with Crippen LogP contribution in [0.3, 0.4) is 0 Å². The smallest absolute Gasteiger partial charge is 0.0959 e. The van der Waals surface area contributed by atoms with Crippen LogP contribution in [0.5, 0.6) is 0 Å². The standard InChI is InChI=1S/C11H15B/c1-10(9-12(2)3)11-7-5-4-6-8-11/h4-8H,1,9H2,2-3H3. The van der Waals surface area contributed by atoms with Gasteiger partial charge in [0.15, 0.2) is 0 Å². The van der Waals surface area contributed by atoms with Crippen molar-refractivity contribution in [2.75, 3.05) is 0 Å². The Bertz CT molecular complexity index is 249. The average molecular weight is 158 g/mol. The molecule has 0 saturated carbocycles. The van der Waals surface area contributed by atoms with E-state index in [1.165, 1.54) is 11.1 Å². The van der Waals surface area contributed by atoms with Gasteiger partial charge in [-0.25, -0.2) is 0 Å². The van der Waals surface area contributed by atoms with Gasteiger partial charge in [0.1, 0.15) is 6.71 Å². The molecule has 0 spiro atoms. The first-order valence-corrected chi connectivity index (χ1v) is 4.43. The van der Waals surface area contributed by atoms with Crippen LogP contribution in [-0.4, -0.2) is 6.71 Å². The molecule has 0 aromatic heterocycles. The summed E-state index contributed by atoms with van der Waals surface area (Å²) >= 11 is 0. The van der Waals surface area contributed by atoms with Crippen LogP contribution < -0.4 is 0 Å². The summed E-state index contributed by atoms with van der Waals surface area (Å²) in [5.41, 5.74) is 2.51. The molecular formula is C11H15B. The van der Waals surface area contributed by atoms with Crippen LogP contribution in [0.4, 0.5) is 0 Å². The fourth-order valence-corrected chi connectivity index (χ4v) is 1.28. The Morgan fingerprint density at radius 1 is 1.25 bits per heavy atom. The zero-order chi connectivity index (χ0) is 8.97. The van der Waals surface area contributed by atoms with E-state index in [0.717, 1.165) is 6.32 Å². The maximum absolute atomic E-state index is 4.07. The highest BCUT2D eigenvalue weighted by molar-refractivity contribution is 6.57. The molecule has 0 N–H and O–H groups in total. The molecule has 0 nitrogen and oxygen atoms in total. The van der Waals surface area contributed by atoms with Crippen LogP contribution in [0.15, 0.2) is 36.9 Å². The number of rotatable bonds is 3. The molecule has 0 atom stereocenters. The Kier molecular flexibility index (Phi) is 3.15. The zero-order valence-corrected chi connectivity index (χ0v) is 7.88. The highest BCUT2D eigenvalue weighted by Crippen LogP contribution is 2.17. The summed E-state index contributed by atoms with van der Waals surface area (Å²) in [6.07, 6.45) is 1.09. The molecule has 0 bridgehead atoms. The second kappa shape index (κ2) is 4.15. The molecule has 1 aromatic rings. The number of hydrogen-bond donors (Lipinski definition) is 0. The van der Waals surface area contributed by atoms with Crippen LogP contribution in [0, 0.1) is 0 Å². The Balaban J connectivity index is 2.66. The Hall–Kier alpha value is -0.975. The third-order valence-electron chi connectivity index (χ3n) is 1.84. The Morgan fingerprint density at radius 2 is 1.83 bits per heavy atom. The molecule has 0 fully saturated rings. The molecule has 0 aliphatic heterocycles. The molecular weight excluding hydrogens is 143 g/mol. The number of allylic oxidation sites excluding steroid dienone is 1. The van der Waals surface area contributed by atoms with Crippen molar-refractivity contribution >= 4 is 12.3 Å². The maximum atomic E-state index is 4.07. The van der Waals surface area contributed by atoms with Crippen molar-refractivity contribution in [1.82, 2.24) is 0 Å². The van der Waals surface area contributed by atoms with Crippen molar-refractivity contribution in [2.45, 2.75) is 20.0 Å². The topological polar surface area (TPSA) is 0 Å². The van der Waals surface area contributed by atoms with Gasteiger partial charge >= 0.3 is 0 Å². The summed E-state index contributed by atoms with van der Waals surface area (Å²) in [6, 6.07) is 10.4. The van der Waals surface area contributed by atoms with Crippen molar-refractivity contribution in [3.63, 3.8) is 0 Å². The summed E-state index contributed by atoms with van der Waals surface area (Å²) in [5, 5.41) is 0. The summed E-state index contributed by atoms with van der Waals surface area (Å²) in [6.45, 7) is 9.19. The molecule has 0 saturated heterocycles. The summed E-state index contributed by atoms with van der Waals surface area (Å²) < 4.78 is 0. The summed E-state index contributed by atoms with van der Waals surface area (Å²) in [7, 11) is 0. The molecule has 0 radical (unpaired) electrons. The SMILES string of the molecule is C=C(CB(C)C)c1ccccc1. The lowest BCUT2D eigenvalue weighted by Crippen LogP contribution is -1.99. The van der Waals surface area contributed by atoms with Crippen LogP contribution in [0.2, 0.25) is 20.0 Å². The second-order valence-electron chi connectivity index (χ2n) is 3.57. The third kappa shape index (κ3) is 2.57. The predicted octanol–water partition coefficient (Wildman–Crippen LogP) is 3.45. The number of benzene rings is 1. The van der Waals surface area contributed by atoms with E-state index in [4.69, 9.17) is 0 Å². The van der Waals surface area contributed by atoms with Gasteiger partial charge < -0.3 is 0 Å². The minimum Gasteiger partial charge on any atom is -0.0959 e. The molecule has 1 rings (SSSR count). The van der Waals surface area contributed by atoms with Crippen molar-refractivity contribution in [3.05, 3.63) is 42.5 Å². The largest absolute Gasteiger partial charge is 0.138 e. The minimum absolute atomic E-state index is 0.692. The van der Waals surface area contributed by atoms with Crippen LogP contribution in [0.1, 0.15) is 5.56 Å². The van der Waals surface area contributed by atoms with Crippen LogP contribution in [-0.2, 0) is 0 Å². The lowest BCUT2D eigenvalue weighted by atomic mass is 9.50. The van der Waals surface area contributed by atoms with E-state index in [9.17, 15) is 0 Å². The van der Waals surface area contributed by atoms with Gasteiger partial charge in [-0.1, -0.05) is 56.1 Å². The van der Waals surface area contributed by atoms with Gasteiger partial charge in [0.05, 0.1) is 0 Å². The lowest BCUT2D eigenvalue weighted by molar-refractivity contribution is 1.54. The van der Waals surface area contributed by atoms with E-state index in [0.29, 0.717) is 6.71 Å². The summed E-state index contributed by atoms with van der Waals surface area (Å²) in [5.74, 6) is 0. The lowest BCUT2D eigenvalue weighted by Gasteiger charge is -2.05. The van der Waals surface area contributed by atoms with Crippen molar-refractivity contribution < 1.29 is 0 Å². The van der Waals surface area contributed by atoms with Gasteiger partial charge in [0, 0.05) is 0 Å². The Morgan fingerprint density at radius 3 is 2.33 bits per heavy atom. The van der Waals surface area contributed by atoms with E-state index in [2.05, 4.69) is 44.5 Å². The molecule has 0 aliphatic carbocycles. The molecule has 0 amide bonds. The first kappa shape index (κ1) is 9.12. The molecule has 1 heteroatoms. The van der Waals surface area contributed by atoms with Gasteiger partial charge in [-0.3, -0.25) is 0 Å². The fourth-order valence-electron chi connectivity index (χ4n) is 1.28. The molecule has 12 heavy (non-hydrogen) atoms. The van der Waals surface area contributed by atoms with E-state index < -0.39 is 0 Å². The first-order valence-electron chi connectivity index (χ1n) is 4.43. The van der Waals surface area contributed by atoms with E-state index >= 15 is 0 Å². The maximum Gasteiger partial charge on any atom is 0.138 e. The predicted molar refractivity (Wildman–Crippen MR) is 57.8 cm³/mol. The minimum atomic E-state index is 0.692. The first-order chi connectivity index (χ1) is 5.70. The van der Waals surface area contributed by atoms with Crippen molar-refractivity contribution in [3.8, 4) is 0 Å². The monoisotopic (exact) mass is 158 g/mol. The highest BCUT2D eigenvalue weighted by atomic mass is 14.0.